The molecule has 0 saturated carbocycles. The van der Waals surface area contributed by atoms with E-state index in [-0.39, 0.29) is 17.6 Å². The summed E-state index contributed by atoms with van der Waals surface area (Å²) in [6, 6.07) is -3.68. The molecule has 0 bridgehead atoms. The molecule has 0 rings (SSSR count). The molecule has 31 heavy (non-hydrogen) atoms. The summed E-state index contributed by atoms with van der Waals surface area (Å²) in [5.41, 5.74) is 5.94. The molecule has 0 aromatic carbocycles. The predicted octanol–water partition coefficient (Wildman–Crippen LogP) is 0.628. The SMILES string of the molecule is CSCCC(NC(=O)C(CC(C)C)NC(=O)C(N)CC(C)C)C(=O)NC(CS)C(=O)O. The molecule has 0 saturated heterocycles. The molecular weight excluding hydrogens is 440 g/mol. The van der Waals surface area contributed by atoms with Crippen molar-refractivity contribution in [2.24, 2.45) is 17.6 Å². The van der Waals surface area contributed by atoms with E-state index in [0.717, 1.165) is 0 Å². The highest BCUT2D eigenvalue weighted by atomic mass is 32.2. The Labute approximate surface area is 194 Å². The molecule has 0 spiro atoms. The summed E-state index contributed by atoms with van der Waals surface area (Å²) in [6.07, 6.45) is 3.04. The Morgan fingerprint density at radius 2 is 1.35 bits per heavy atom. The molecule has 0 fully saturated rings. The van der Waals surface area contributed by atoms with Gasteiger partial charge < -0.3 is 26.8 Å². The van der Waals surface area contributed by atoms with Gasteiger partial charge in [0.1, 0.15) is 18.1 Å². The van der Waals surface area contributed by atoms with Gasteiger partial charge in [0.15, 0.2) is 0 Å². The first kappa shape index (κ1) is 29.5. The molecule has 0 aliphatic rings. The van der Waals surface area contributed by atoms with Crippen LogP contribution in [0.3, 0.4) is 0 Å². The summed E-state index contributed by atoms with van der Waals surface area (Å²) >= 11 is 5.44. The Balaban J connectivity index is 5.35. The average Bonchev–Trinajstić information content (AvgIpc) is 2.66. The number of amides is 3. The molecule has 6 N–H and O–H groups in total. The van der Waals surface area contributed by atoms with Gasteiger partial charge in [-0.05, 0) is 43.1 Å². The van der Waals surface area contributed by atoms with Crippen LogP contribution in [-0.4, -0.2) is 70.7 Å². The Bertz CT molecular complexity index is 604. The smallest absolute Gasteiger partial charge is 0.327 e. The summed E-state index contributed by atoms with van der Waals surface area (Å²) in [5.74, 6) is -1.89. The standard InChI is InChI=1S/C20H38N4O5S2/c1-11(2)8-13(21)17(25)23-15(9-12(3)4)19(27)22-14(6-7-31-5)18(26)24-16(10-30)20(28)29/h11-16,30H,6-10,21H2,1-5H3,(H,22,27)(H,23,25)(H,24,26)(H,28,29). The van der Waals surface area contributed by atoms with Crippen LogP contribution in [0, 0.1) is 11.8 Å². The number of carbonyl (C=O) groups is 4. The van der Waals surface area contributed by atoms with Gasteiger partial charge >= 0.3 is 5.97 Å². The van der Waals surface area contributed by atoms with Crippen molar-refractivity contribution in [1.82, 2.24) is 16.0 Å². The van der Waals surface area contributed by atoms with Crippen LogP contribution in [-0.2, 0) is 19.2 Å². The number of aliphatic carboxylic acids is 1. The summed E-state index contributed by atoms with van der Waals surface area (Å²) in [4.78, 5) is 49.2. The van der Waals surface area contributed by atoms with Gasteiger partial charge in [0.05, 0.1) is 6.04 Å². The second-order valence-corrected chi connectivity index (χ2v) is 9.70. The first-order valence-electron chi connectivity index (χ1n) is 10.4. The van der Waals surface area contributed by atoms with Gasteiger partial charge in [0.25, 0.3) is 0 Å². The van der Waals surface area contributed by atoms with E-state index in [0.29, 0.717) is 25.0 Å². The Morgan fingerprint density at radius 3 is 1.81 bits per heavy atom. The zero-order valence-corrected chi connectivity index (χ0v) is 20.7. The monoisotopic (exact) mass is 478 g/mol. The van der Waals surface area contributed by atoms with Crippen molar-refractivity contribution >= 4 is 48.1 Å². The average molecular weight is 479 g/mol. The van der Waals surface area contributed by atoms with E-state index < -0.39 is 47.9 Å². The highest BCUT2D eigenvalue weighted by Gasteiger charge is 2.30. The number of nitrogens with one attached hydrogen (secondary N) is 3. The van der Waals surface area contributed by atoms with Crippen molar-refractivity contribution in [3.05, 3.63) is 0 Å². The van der Waals surface area contributed by atoms with Crippen LogP contribution in [0.15, 0.2) is 0 Å². The van der Waals surface area contributed by atoms with E-state index in [9.17, 15) is 19.2 Å². The molecule has 4 unspecified atom stereocenters. The van der Waals surface area contributed by atoms with E-state index >= 15 is 0 Å². The quantitative estimate of drug-likeness (QED) is 0.189. The van der Waals surface area contributed by atoms with Crippen molar-refractivity contribution in [3.8, 4) is 0 Å². The van der Waals surface area contributed by atoms with Crippen LogP contribution < -0.4 is 21.7 Å². The van der Waals surface area contributed by atoms with Crippen molar-refractivity contribution < 1.29 is 24.3 Å². The van der Waals surface area contributed by atoms with Crippen molar-refractivity contribution in [3.63, 3.8) is 0 Å². The first-order valence-corrected chi connectivity index (χ1v) is 12.4. The molecule has 3 amide bonds. The number of carboxylic acid groups (broad SMARTS) is 1. The fourth-order valence-corrected chi connectivity index (χ4v) is 3.55. The molecule has 0 aliphatic carbocycles. The maximum absolute atomic E-state index is 12.9. The lowest BCUT2D eigenvalue weighted by molar-refractivity contribution is -0.141. The Hall–Kier alpha value is -1.46. The number of thioether (sulfide) groups is 1. The van der Waals surface area contributed by atoms with Crippen LogP contribution in [0.4, 0.5) is 0 Å². The van der Waals surface area contributed by atoms with Crippen molar-refractivity contribution in [1.29, 1.82) is 0 Å². The molecule has 0 radical (unpaired) electrons. The predicted molar refractivity (Wildman–Crippen MR) is 127 cm³/mol. The van der Waals surface area contributed by atoms with E-state index in [2.05, 4.69) is 28.6 Å². The van der Waals surface area contributed by atoms with Crippen LogP contribution >= 0.6 is 24.4 Å². The van der Waals surface area contributed by atoms with Gasteiger partial charge in [0.2, 0.25) is 17.7 Å². The summed E-state index contributed by atoms with van der Waals surface area (Å²) < 4.78 is 0. The molecule has 11 heteroatoms. The minimum Gasteiger partial charge on any atom is -0.480 e. The third-order valence-electron chi connectivity index (χ3n) is 4.44. The number of carbonyl (C=O) groups excluding carboxylic acids is 3. The summed E-state index contributed by atoms with van der Waals surface area (Å²) in [5, 5.41) is 16.9. The Morgan fingerprint density at radius 1 is 0.871 bits per heavy atom. The fourth-order valence-electron chi connectivity index (χ4n) is 2.83. The maximum Gasteiger partial charge on any atom is 0.327 e. The van der Waals surface area contributed by atoms with Crippen LogP contribution in [0.25, 0.3) is 0 Å². The highest BCUT2D eigenvalue weighted by Crippen LogP contribution is 2.09. The van der Waals surface area contributed by atoms with E-state index in [1.54, 1.807) is 0 Å². The third kappa shape index (κ3) is 12.2. The number of carboxylic acids is 1. The molecule has 0 aromatic heterocycles. The van der Waals surface area contributed by atoms with Gasteiger partial charge in [-0.3, -0.25) is 14.4 Å². The second kappa shape index (κ2) is 15.4. The largest absolute Gasteiger partial charge is 0.480 e. The molecule has 180 valence electrons. The van der Waals surface area contributed by atoms with Crippen molar-refractivity contribution in [2.75, 3.05) is 17.8 Å². The first-order chi connectivity index (χ1) is 14.4. The minimum atomic E-state index is -1.21. The zero-order chi connectivity index (χ0) is 24.1. The lowest BCUT2D eigenvalue weighted by atomic mass is 10.00. The number of rotatable bonds is 15. The molecule has 0 heterocycles. The fraction of sp³-hybridized carbons (Fsp3) is 0.800. The minimum absolute atomic E-state index is 0.0793. The molecule has 0 aliphatic heterocycles. The number of nitrogens with two attached hydrogens (primary N) is 1. The Kier molecular flexibility index (Phi) is 14.6. The molecule has 0 aromatic rings. The van der Waals surface area contributed by atoms with Gasteiger partial charge in [-0.15, -0.1) is 0 Å². The van der Waals surface area contributed by atoms with Crippen molar-refractivity contribution in [2.45, 2.75) is 71.1 Å². The lowest BCUT2D eigenvalue weighted by Gasteiger charge is -2.26. The highest BCUT2D eigenvalue weighted by molar-refractivity contribution is 7.98. The van der Waals surface area contributed by atoms with E-state index in [1.165, 1.54) is 11.8 Å². The molecule has 4 atom stereocenters. The van der Waals surface area contributed by atoms with Gasteiger partial charge in [-0.1, -0.05) is 27.7 Å². The molecular formula is C20H38N4O5S2. The van der Waals surface area contributed by atoms with E-state index in [1.807, 2.05) is 34.0 Å². The van der Waals surface area contributed by atoms with Crippen LogP contribution in [0.5, 0.6) is 0 Å². The number of hydrogen-bond donors (Lipinski definition) is 6. The number of thiol groups is 1. The van der Waals surface area contributed by atoms with Gasteiger partial charge in [-0.2, -0.15) is 24.4 Å². The normalized spacial score (nSPS) is 15.1. The number of hydrogen-bond acceptors (Lipinski definition) is 7. The maximum atomic E-state index is 12.9. The summed E-state index contributed by atoms with van der Waals surface area (Å²) in [6.45, 7) is 7.75. The van der Waals surface area contributed by atoms with Crippen LogP contribution in [0.1, 0.15) is 47.0 Å². The summed E-state index contributed by atoms with van der Waals surface area (Å²) in [7, 11) is 0. The van der Waals surface area contributed by atoms with E-state index in [4.69, 9.17) is 10.8 Å². The van der Waals surface area contributed by atoms with Gasteiger partial charge in [0, 0.05) is 5.75 Å². The lowest BCUT2D eigenvalue weighted by Crippen LogP contribution is -2.57. The zero-order valence-electron chi connectivity index (χ0n) is 19.0. The third-order valence-corrected chi connectivity index (χ3v) is 5.45. The van der Waals surface area contributed by atoms with Gasteiger partial charge in [-0.25, -0.2) is 4.79 Å². The van der Waals surface area contributed by atoms with Crippen LogP contribution in [0.2, 0.25) is 0 Å². The molecule has 9 nitrogen and oxygen atoms in total. The second-order valence-electron chi connectivity index (χ2n) is 8.35. The topological polar surface area (TPSA) is 151 Å².